The summed E-state index contributed by atoms with van der Waals surface area (Å²) in [7, 11) is 1.93. The van der Waals surface area contributed by atoms with Gasteiger partial charge in [-0.05, 0) is 0 Å². The van der Waals surface area contributed by atoms with Gasteiger partial charge in [-0.25, -0.2) is 0 Å². The summed E-state index contributed by atoms with van der Waals surface area (Å²) in [4.78, 5) is 4.09. The molecular formula is C9H14N6O. The number of hydrogen-bond acceptors (Lipinski definition) is 6. The monoisotopic (exact) mass is 222 g/mol. The smallest absolute Gasteiger partial charge is 0.223 e. The van der Waals surface area contributed by atoms with Crippen molar-refractivity contribution in [1.82, 2.24) is 30.2 Å². The zero-order valence-corrected chi connectivity index (χ0v) is 9.34. The number of nitrogens with zero attached hydrogens (tertiary/aromatic N) is 5. The number of aryl methyl sites for hydroxylation is 2. The first-order chi connectivity index (χ1) is 7.75. The Labute approximate surface area is 92.9 Å². The van der Waals surface area contributed by atoms with E-state index in [0.717, 1.165) is 18.8 Å². The molecule has 0 bridgehead atoms. The molecule has 7 heteroatoms. The van der Waals surface area contributed by atoms with Crippen molar-refractivity contribution in [2.75, 3.05) is 6.54 Å². The van der Waals surface area contributed by atoms with E-state index in [0.29, 0.717) is 18.3 Å². The van der Waals surface area contributed by atoms with Crippen LogP contribution in [0.4, 0.5) is 0 Å². The van der Waals surface area contributed by atoms with Crippen LogP contribution in [-0.4, -0.2) is 31.4 Å². The first-order valence-electron chi connectivity index (χ1n) is 5.08. The molecule has 0 spiro atoms. The highest BCUT2D eigenvalue weighted by atomic mass is 16.5. The number of rotatable bonds is 5. The molecule has 86 valence electrons. The zero-order chi connectivity index (χ0) is 11.4. The minimum absolute atomic E-state index is 0.588. The van der Waals surface area contributed by atoms with E-state index in [2.05, 4.69) is 25.7 Å². The third-order valence-electron chi connectivity index (χ3n) is 2.18. The number of hydrogen-bond donors (Lipinski definition) is 1. The minimum Gasteiger partial charge on any atom is -0.340 e. The van der Waals surface area contributed by atoms with Crippen LogP contribution >= 0.6 is 0 Å². The predicted octanol–water partition coefficient (Wildman–Crippen LogP) is -0.161. The topological polar surface area (TPSA) is 81.7 Å². The van der Waals surface area contributed by atoms with Crippen LogP contribution in [0.25, 0.3) is 0 Å². The molecular weight excluding hydrogens is 208 g/mol. The third kappa shape index (κ3) is 2.63. The van der Waals surface area contributed by atoms with Crippen LogP contribution in [0.2, 0.25) is 0 Å². The van der Waals surface area contributed by atoms with E-state index in [-0.39, 0.29) is 0 Å². The largest absolute Gasteiger partial charge is 0.340 e. The fourth-order valence-corrected chi connectivity index (χ4v) is 1.35. The van der Waals surface area contributed by atoms with Crippen LogP contribution in [0.1, 0.15) is 17.5 Å². The lowest BCUT2D eigenvalue weighted by atomic mass is 10.4. The highest BCUT2D eigenvalue weighted by Crippen LogP contribution is 1.95. The molecule has 1 N–H and O–H groups in total. The normalized spacial score (nSPS) is 10.9. The van der Waals surface area contributed by atoms with Crippen molar-refractivity contribution in [1.29, 1.82) is 0 Å². The van der Waals surface area contributed by atoms with Crippen molar-refractivity contribution < 1.29 is 4.52 Å². The summed E-state index contributed by atoms with van der Waals surface area (Å²) in [6.07, 6.45) is 2.52. The van der Waals surface area contributed by atoms with Crippen molar-refractivity contribution in [3.8, 4) is 0 Å². The molecule has 0 fully saturated rings. The van der Waals surface area contributed by atoms with Gasteiger partial charge in [-0.3, -0.25) is 0 Å². The van der Waals surface area contributed by atoms with Crippen molar-refractivity contribution in [3.05, 3.63) is 23.9 Å². The van der Waals surface area contributed by atoms with Gasteiger partial charge in [0.05, 0.1) is 6.54 Å². The molecule has 0 aliphatic carbocycles. The molecule has 2 aromatic rings. The predicted molar refractivity (Wildman–Crippen MR) is 55.4 cm³/mol. The highest BCUT2D eigenvalue weighted by Gasteiger charge is 2.02. The molecule has 16 heavy (non-hydrogen) atoms. The summed E-state index contributed by atoms with van der Waals surface area (Å²) in [5, 5.41) is 14.8. The third-order valence-corrected chi connectivity index (χ3v) is 2.18. The Bertz CT molecular complexity index is 448. The van der Waals surface area contributed by atoms with Gasteiger partial charge < -0.3 is 14.4 Å². The lowest BCUT2D eigenvalue weighted by Gasteiger charge is -2.01. The molecule has 0 saturated heterocycles. The van der Waals surface area contributed by atoms with Gasteiger partial charge in [0.1, 0.15) is 12.2 Å². The van der Waals surface area contributed by atoms with E-state index in [1.807, 2.05) is 11.6 Å². The summed E-state index contributed by atoms with van der Waals surface area (Å²) in [6.45, 7) is 3.19. The fraction of sp³-hybridized carbons (Fsp3) is 0.556. The molecule has 7 nitrogen and oxygen atoms in total. The van der Waals surface area contributed by atoms with Crippen molar-refractivity contribution in [2.45, 2.75) is 19.9 Å². The Morgan fingerprint density at radius 2 is 2.38 bits per heavy atom. The van der Waals surface area contributed by atoms with Crippen molar-refractivity contribution in [2.24, 2.45) is 7.05 Å². The van der Waals surface area contributed by atoms with Gasteiger partial charge in [0.15, 0.2) is 5.82 Å². The van der Waals surface area contributed by atoms with Gasteiger partial charge in [-0.15, -0.1) is 10.2 Å². The highest BCUT2D eigenvalue weighted by molar-refractivity contribution is 4.86. The van der Waals surface area contributed by atoms with E-state index >= 15 is 0 Å². The molecule has 0 atom stereocenters. The maximum absolute atomic E-state index is 4.86. The van der Waals surface area contributed by atoms with Gasteiger partial charge in [0.25, 0.3) is 0 Å². The summed E-state index contributed by atoms with van der Waals surface area (Å²) in [5.74, 6) is 2.22. The standard InChI is InChI=1S/C9H14N6O/c1-7-12-8(14-16-7)5-10-4-3-9-13-11-6-15(9)2/h6,10H,3-5H2,1-2H3. The Kier molecular flexibility index (Phi) is 3.25. The Hall–Kier alpha value is -1.76. The summed E-state index contributed by atoms with van der Waals surface area (Å²) >= 11 is 0. The minimum atomic E-state index is 0.588. The Morgan fingerprint density at radius 1 is 1.50 bits per heavy atom. The molecule has 0 saturated carbocycles. The van der Waals surface area contributed by atoms with E-state index in [1.54, 1.807) is 13.3 Å². The van der Waals surface area contributed by atoms with Gasteiger partial charge in [-0.1, -0.05) is 5.16 Å². The van der Waals surface area contributed by atoms with Crippen LogP contribution < -0.4 is 5.32 Å². The second-order valence-electron chi connectivity index (χ2n) is 3.51. The maximum Gasteiger partial charge on any atom is 0.223 e. The fourth-order valence-electron chi connectivity index (χ4n) is 1.35. The molecule has 0 aromatic carbocycles. The summed E-state index contributed by atoms with van der Waals surface area (Å²) in [5.41, 5.74) is 0. The average Bonchev–Trinajstić information content (AvgIpc) is 2.83. The summed E-state index contributed by atoms with van der Waals surface area (Å²) < 4.78 is 6.76. The number of aromatic nitrogens is 5. The van der Waals surface area contributed by atoms with E-state index in [1.165, 1.54) is 0 Å². The van der Waals surface area contributed by atoms with Gasteiger partial charge >= 0.3 is 0 Å². The van der Waals surface area contributed by atoms with E-state index in [4.69, 9.17) is 4.52 Å². The summed E-state index contributed by atoms with van der Waals surface area (Å²) in [6, 6.07) is 0. The van der Waals surface area contributed by atoms with Gasteiger partial charge in [0, 0.05) is 26.9 Å². The molecule has 0 radical (unpaired) electrons. The molecule has 0 aliphatic heterocycles. The van der Waals surface area contributed by atoms with Gasteiger partial charge in [0.2, 0.25) is 5.89 Å². The number of nitrogens with one attached hydrogen (secondary N) is 1. The average molecular weight is 222 g/mol. The van der Waals surface area contributed by atoms with Crippen LogP contribution in [-0.2, 0) is 20.0 Å². The molecule has 2 rings (SSSR count). The molecule has 0 unspecified atom stereocenters. The molecule has 0 amide bonds. The SMILES string of the molecule is Cc1nc(CNCCc2nncn2C)no1. The molecule has 2 heterocycles. The van der Waals surface area contributed by atoms with Crippen LogP contribution in [0.3, 0.4) is 0 Å². The molecule has 2 aromatic heterocycles. The van der Waals surface area contributed by atoms with E-state index < -0.39 is 0 Å². The van der Waals surface area contributed by atoms with Crippen LogP contribution in [0.5, 0.6) is 0 Å². The quantitative estimate of drug-likeness (QED) is 0.708. The first kappa shape index (κ1) is 10.7. The van der Waals surface area contributed by atoms with Crippen LogP contribution in [0, 0.1) is 6.92 Å². The molecule has 0 aliphatic rings. The second-order valence-corrected chi connectivity index (χ2v) is 3.51. The van der Waals surface area contributed by atoms with Gasteiger partial charge in [-0.2, -0.15) is 4.98 Å². The van der Waals surface area contributed by atoms with Crippen LogP contribution in [0.15, 0.2) is 10.9 Å². The van der Waals surface area contributed by atoms with Crippen molar-refractivity contribution >= 4 is 0 Å². The van der Waals surface area contributed by atoms with E-state index in [9.17, 15) is 0 Å². The Balaban J connectivity index is 1.71. The lowest BCUT2D eigenvalue weighted by molar-refractivity contribution is 0.385. The van der Waals surface area contributed by atoms with Crippen molar-refractivity contribution in [3.63, 3.8) is 0 Å². The first-order valence-corrected chi connectivity index (χ1v) is 5.08. The maximum atomic E-state index is 4.86. The zero-order valence-electron chi connectivity index (χ0n) is 9.34. The second kappa shape index (κ2) is 4.84. The lowest BCUT2D eigenvalue weighted by Crippen LogP contribution is -2.18. The Morgan fingerprint density at radius 3 is 3.00 bits per heavy atom.